The van der Waals surface area contributed by atoms with Gasteiger partial charge in [0.05, 0.1) is 5.02 Å². The first-order chi connectivity index (χ1) is 8.11. The van der Waals surface area contributed by atoms with Crippen molar-refractivity contribution >= 4 is 29.0 Å². The number of rotatable bonds is 2. The van der Waals surface area contributed by atoms with Crippen LogP contribution in [0.25, 0.3) is 0 Å². The lowest BCUT2D eigenvalue weighted by Crippen LogP contribution is -2.35. The van der Waals surface area contributed by atoms with Crippen molar-refractivity contribution in [2.45, 2.75) is 19.3 Å². The zero-order valence-electron chi connectivity index (χ0n) is 9.11. The Labute approximate surface area is 104 Å². The van der Waals surface area contributed by atoms with Crippen LogP contribution in [0, 0.1) is 5.92 Å². The Morgan fingerprint density at radius 2 is 1.71 bits per heavy atom. The van der Waals surface area contributed by atoms with Crippen molar-refractivity contribution in [2.75, 3.05) is 0 Å². The van der Waals surface area contributed by atoms with E-state index in [4.69, 9.17) is 11.6 Å². The SMILES string of the molecule is O=C1CCCC(=O)C1C(=O)c1ccccc1Cl. The molecule has 2 rings (SSSR count). The van der Waals surface area contributed by atoms with Crippen molar-refractivity contribution in [3.63, 3.8) is 0 Å². The second-order valence-corrected chi connectivity index (χ2v) is 4.47. The van der Waals surface area contributed by atoms with Crippen LogP contribution < -0.4 is 0 Å². The molecule has 0 atom stereocenters. The van der Waals surface area contributed by atoms with Gasteiger partial charge in [0.2, 0.25) is 0 Å². The normalized spacial score (nSPS) is 17.2. The van der Waals surface area contributed by atoms with Crippen LogP contribution in [0.3, 0.4) is 0 Å². The van der Waals surface area contributed by atoms with E-state index in [9.17, 15) is 14.4 Å². The monoisotopic (exact) mass is 250 g/mol. The molecule has 4 heteroatoms. The predicted octanol–water partition coefficient (Wildman–Crippen LogP) is 2.46. The summed E-state index contributed by atoms with van der Waals surface area (Å²) < 4.78 is 0. The molecule has 0 amide bonds. The molecule has 1 saturated carbocycles. The molecule has 0 radical (unpaired) electrons. The summed E-state index contributed by atoms with van der Waals surface area (Å²) in [5, 5.41) is 0.281. The number of benzene rings is 1. The van der Waals surface area contributed by atoms with Gasteiger partial charge in [-0.25, -0.2) is 0 Å². The third kappa shape index (κ3) is 2.29. The Hall–Kier alpha value is -1.48. The first-order valence-electron chi connectivity index (χ1n) is 5.45. The van der Waals surface area contributed by atoms with Crippen molar-refractivity contribution in [2.24, 2.45) is 5.92 Å². The second kappa shape index (κ2) is 4.80. The average Bonchev–Trinajstić information content (AvgIpc) is 2.29. The van der Waals surface area contributed by atoms with E-state index in [2.05, 4.69) is 0 Å². The number of Topliss-reactive ketones (excluding diaryl/α,β-unsaturated/α-hetero) is 3. The Morgan fingerprint density at radius 3 is 2.29 bits per heavy atom. The van der Waals surface area contributed by atoms with Crippen LogP contribution in [0.4, 0.5) is 0 Å². The molecule has 1 aliphatic rings. The minimum atomic E-state index is -1.14. The highest BCUT2D eigenvalue weighted by atomic mass is 35.5. The predicted molar refractivity (Wildman–Crippen MR) is 63.1 cm³/mol. The van der Waals surface area contributed by atoms with Crippen molar-refractivity contribution < 1.29 is 14.4 Å². The summed E-state index contributed by atoms with van der Waals surface area (Å²) in [4.78, 5) is 35.4. The summed E-state index contributed by atoms with van der Waals surface area (Å²) in [5.41, 5.74) is 0.253. The summed E-state index contributed by atoms with van der Waals surface area (Å²) in [6.07, 6.45) is 1.14. The third-order valence-corrected chi connectivity index (χ3v) is 3.22. The number of carbonyl (C=O) groups is 3. The molecule has 0 unspecified atom stereocenters. The minimum absolute atomic E-state index is 0.253. The van der Waals surface area contributed by atoms with Crippen molar-refractivity contribution in [1.29, 1.82) is 0 Å². The van der Waals surface area contributed by atoms with Gasteiger partial charge in [-0.05, 0) is 18.6 Å². The van der Waals surface area contributed by atoms with E-state index in [0.29, 0.717) is 19.3 Å². The Bertz CT molecular complexity index is 477. The van der Waals surface area contributed by atoms with E-state index in [1.807, 2.05) is 0 Å². The maximum atomic E-state index is 12.1. The summed E-state index contributed by atoms with van der Waals surface area (Å²) in [5.74, 6) is -2.17. The molecule has 0 aromatic heterocycles. The molecule has 0 aliphatic heterocycles. The minimum Gasteiger partial charge on any atom is -0.298 e. The zero-order chi connectivity index (χ0) is 12.4. The molecular formula is C13H11ClO3. The van der Waals surface area contributed by atoms with E-state index < -0.39 is 11.7 Å². The van der Waals surface area contributed by atoms with Crippen LogP contribution in [0.2, 0.25) is 5.02 Å². The van der Waals surface area contributed by atoms with E-state index >= 15 is 0 Å². The van der Waals surface area contributed by atoms with Gasteiger partial charge in [0, 0.05) is 18.4 Å². The first kappa shape index (κ1) is 12.0. The van der Waals surface area contributed by atoms with Gasteiger partial charge in [-0.15, -0.1) is 0 Å². The molecular weight excluding hydrogens is 240 g/mol. The average molecular weight is 251 g/mol. The van der Waals surface area contributed by atoms with Crippen LogP contribution in [-0.4, -0.2) is 17.3 Å². The Kier molecular flexibility index (Phi) is 3.38. The quantitative estimate of drug-likeness (QED) is 0.598. The number of ketones is 3. The lowest BCUT2D eigenvalue weighted by molar-refractivity contribution is -0.133. The molecule has 1 fully saturated rings. The fraction of sp³-hybridized carbons (Fsp3) is 0.308. The summed E-state index contributed by atoms with van der Waals surface area (Å²) in [6.45, 7) is 0. The first-order valence-corrected chi connectivity index (χ1v) is 5.83. The largest absolute Gasteiger partial charge is 0.298 e. The topological polar surface area (TPSA) is 51.2 Å². The molecule has 3 nitrogen and oxygen atoms in total. The molecule has 0 N–H and O–H groups in total. The highest BCUT2D eigenvalue weighted by molar-refractivity contribution is 6.36. The lowest BCUT2D eigenvalue weighted by Gasteiger charge is -2.18. The standard InChI is InChI=1S/C13H11ClO3/c14-9-5-2-1-4-8(9)13(17)12-10(15)6-3-7-11(12)16/h1-2,4-5,12H,3,6-7H2. The van der Waals surface area contributed by atoms with Crippen molar-refractivity contribution in [1.82, 2.24) is 0 Å². The molecule has 17 heavy (non-hydrogen) atoms. The van der Waals surface area contributed by atoms with Gasteiger partial charge in [-0.1, -0.05) is 23.7 Å². The molecule has 0 saturated heterocycles. The van der Waals surface area contributed by atoms with Crippen LogP contribution in [0.5, 0.6) is 0 Å². The Morgan fingerprint density at radius 1 is 1.12 bits per heavy atom. The maximum absolute atomic E-state index is 12.1. The van der Waals surface area contributed by atoms with Gasteiger partial charge in [0.15, 0.2) is 17.3 Å². The molecule has 1 aromatic carbocycles. The summed E-state index contributed by atoms with van der Waals surface area (Å²) in [6, 6.07) is 6.48. The Balaban J connectivity index is 2.34. The highest BCUT2D eigenvalue weighted by Crippen LogP contribution is 2.25. The number of hydrogen-bond donors (Lipinski definition) is 0. The van der Waals surface area contributed by atoms with Crippen LogP contribution in [0.15, 0.2) is 24.3 Å². The van der Waals surface area contributed by atoms with Gasteiger partial charge < -0.3 is 0 Å². The third-order valence-electron chi connectivity index (χ3n) is 2.89. The molecule has 0 bridgehead atoms. The fourth-order valence-electron chi connectivity index (χ4n) is 2.01. The van der Waals surface area contributed by atoms with E-state index in [1.54, 1.807) is 24.3 Å². The van der Waals surface area contributed by atoms with Crippen LogP contribution >= 0.6 is 11.6 Å². The molecule has 88 valence electrons. The van der Waals surface area contributed by atoms with Gasteiger partial charge >= 0.3 is 0 Å². The smallest absolute Gasteiger partial charge is 0.182 e. The van der Waals surface area contributed by atoms with E-state index in [0.717, 1.165) is 0 Å². The van der Waals surface area contributed by atoms with Gasteiger partial charge in [0.1, 0.15) is 5.92 Å². The lowest BCUT2D eigenvalue weighted by atomic mass is 9.82. The number of hydrogen-bond acceptors (Lipinski definition) is 3. The van der Waals surface area contributed by atoms with Crippen molar-refractivity contribution in [3.05, 3.63) is 34.9 Å². The van der Waals surface area contributed by atoms with Gasteiger partial charge in [-0.3, -0.25) is 14.4 Å². The van der Waals surface area contributed by atoms with Gasteiger partial charge in [-0.2, -0.15) is 0 Å². The number of carbonyl (C=O) groups excluding carboxylic acids is 3. The van der Waals surface area contributed by atoms with Crippen LogP contribution in [0.1, 0.15) is 29.6 Å². The van der Waals surface area contributed by atoms with Gasteiger partial charge in [0.25, 0.3) is 0 Å². The molecule has 0 heterocycles. The zero-order valence-corrected chi connectivity index (χ0v) is 9.87. The molecule has 1 aliphatic carbocycles. The summed E-state index contributed by atoms with van der Waals surface area (Å²) >= 11 is 5.89. The van der Waals surface area contributed by atoms with Crippen molar-refractivity contribution in [3.8, 4) is 0 Å². The second-order valence-electron chi connectivity index (χ2n) is 4.06. The maximum Gasteiger partial charge on any atom is 0.182 e. The molecule has 1 aromatic rings. The van der Waals surface area contributed by atoms with E-state index in [1.165, 1.54) is 0 Å². The highest BCUT2D eigenvalue weighted by Gasteiger charge is 2.36. The van der Waals surface area contributed by atoms with Crippen LogP contribution in [-0.2, 0) is 9.59 Å². The number of halogens is 1. The molecule has 0 spiro atoms. The fourth-order valence-corrected chi connectivity index (χ4v) is 2.24. The summed E-state index contributed by atoms with van der Waals surface area (Å²) in [7, 11) is 0. The van der Waals surface area contributed by atoms with E-state index in [-0.39, 0.29) is 22.2 Å².